The van der Waals surface area contributed by atoms with Crippen LogP contribution in [0.1, 0.15) is 48.1 Å². The van der Waals surface area contributed by atoms with E-state index in [1.165, 1.54) is 0 Å². The Hall–Kier alpha value is -3.75. The van der Waals surface area contributed by atoms with Crippen LogP contribution in [0.4, 0.5) is 5.69 Å². The van der Waals surface area contributed by atoms with Crippen molar-refractivity contribution < 1.29 is 18.7 Å². The molecule has 2 aliphatic heterocycles. The second kappa shape index (κ2) is 7.44. The van der Waals surface area contributed by atoms with E-state index in [-0.39, 0.29) is 17.7 Å². The summed E-state index contributed by atoms with van der Waals surface area (Å²) in [5.74, 6) is 1.10. The van der Waals surface area contributed by atoms with E-state index < -0.39 is 5.60 Å². The zero-order valence-electron chi connectivity index (χ0n) is 18.1. The summed E-state index contributed by atoms with van der Waals surface area (Å²) in [5.41, 5.74) is 1.73. The SMILES string of the molecule is Cc1ccc(-c2nnc([C@H]3CCN(C(=O)c4ccc5c(c4)NC(=O)C(C)(C)O5)C3)o2)cn1. The van der Waals surface area contributed by atoms with E-state index >= 15 is 0 Å². The number of fused-ring (bicyclic) bond motifs is 1. The lowest BCUT2D eigenvalue weighted by atomic mass is 10.0. The van der Waals surface area contributed by atoms with Gasteiger partial charge in [-0.1, -0.05) is 0 Å². The third-order valence-corrected chi connectivity index (χ3v) is 5.81. The summed E-state index contributed by atoms with van der Waals surface area (Å²) < 4.78 is 11.6. The van der Waals surface area contributed by atoms with E-state index in [2.05, 4.69) is 20.5 Å². The van der Waals surface area contributed by atoms with Crippen molar-refractivity contribution in [3.63, 3.8) is 0 Å². The smallest absolute Gasteiger partial charge is 0.268 e. The number of hydrogen-bond acceptors (Lipinski definition) is 7. The number of aromatic nitrogens is 3. The number of nitrogens with zero attached hydrogens (tertiary/aromatic N) is 4. The highest BCUT2D eigenvalue weighted by Gasteiger charge is 2.36. The summed E-state index contributed by atoms with van der Waals surface area (Å²) >= 11 is 0. The number of anilines is 1. The van der Waals surface area contributed by atoms with Gasteiger partial charge in [0.25, 0.3) is 11.8 Å². The number of aryl methyl sites for hydroxylation is 1. The maximum atomic E-state index is 13.1. The van der Waals surface area contributed by atoms with Crippen molar-refractivity contribution in [1.29, 1.82) is 0 Å². The molecular formula is C23H23N5O4. The van der Waals surface area contributed by atoms with Gasteiger partial charge in [-0.2, -0.15) is 0 Å². The number of rotatable bonds is 3. The molecule has 32 heavy (non-hydrogen) atoms. The van der Waals surface area contributed by atoms with Gasteiger partial charge >= 0.3 is 0 Å². The minimum Gasteiger partial charge on any atom is -0.476 e. The molecule has 9 heteroatoms. The number of pyridine rings is 1. The van der Waals surface area contributed by atoms with Gasteiger partial charge in [0.2, 0.25) is 11.8 Å². The molecular weight excluding hydrogens is 410 g/mol. The van der Waals surface area contributed by atoms with Gasteiger partial charge in [0, 0.05) is 30.5 Å². The summed E-state index contributed by atoms with van der Waals surface area (Å²) in [7, 11) is 0. The number of ether oxygens (including phenoxy) is 1. The maximum absolute atomic E-state index is 13.1. The first-order valence-corrected chi connectivity index (χ1v) is 10.5. The van der Waals surface area contributed by atoms with Gasteiger partial charge in [-0.05, 0) is 57.5 Å². The molecule has 5 rings (SSSR count). The Balaban J connectivity index is 1.29. The molecule has 2 aromatic heterocycles. The molecule has 0 aliphatic carbocycles. The monoisotopic (exact) mass is 433 g/mol. The molecule has 1 N–H and O–H groups in total. The van der Waals surface area contributed by atoms with Crippen LogP contribution in [0.3, 0.4) is 0 Å². The van der Waals surface area contributed by atoms with Gasteiger partial charge in [-0.3, -0.25) is 14.6 Å². The van der Waals surface area contributed by atoms with E-state index in [4.69, 9.17) is 9.15 Å². The van der Waals surface area contributed by atoms with E-state index in [1.807, 2.05) is 19.1 Å². The molecule has 9 nitrogen and oxygen atoms in total. The molecule has 2 aliphatic rings. The average molecular weight is 433 g/mol. The average Bonchev–Trinajstić information content (AvgIpc) is 3.44. The van der Waals surface area contributed by atoms with Gasteiger partial charge in [0.05, 0.1) is 17.2 Å². The zero-order valence-corrected chi connectivity index (χ0v) is 18.1. The van der Waals surface area contributed by atoms with Crippen LogP contribution < -0.4 is 10.1 Å². The summed E-state index contributed by atoms with van der Waals surface area (Å²) in [4.78, 5) is 31.3. The minimum atomic E-state index is -0.946. The standard InChI is InChI=1S/C23H23N5O4/c1-13-4-5-15(11-24-13)19-26-27-20(31-19)16-8-9-28(12-16)21(29)14-6-7-18-17(10-14)25-22(30)23(2,3)32-18/h4-7,10-11,16H,8-9,12H2,1-3H3,(H,25,30)/t16-/m0/s1. The molecule has 3 aromatic rings. The number of carbonyl (C=O) groups is 2. The van der Waals surface area contributed by atoms with Crippen molar-refractivity contribution in [2.75, 3.05) is 18.4 Å². The molecule has 1 atom stereocenters. The predicted octanol–water partition coefficient (Wildman–Crippen LogP) is 3.18. The Morgan fingerprint density at radius 2 is 2.06 bits per heavy atom. The molecule has 1 fully saturated rings. The fraction of sp³-hybridized carbons (Fsp3) is 0.348. The Labute approximate surface area is 184 Å². The van der Waals surface area contributed by atoms with Gasteiger partial charge in [-0.25, -0.2) is 0 Å². The van der Waals surface area contributed by atoms with Crippen molar-refractivity contribution in [2.45, 2.75) is 38.7 Å². The van der Waals surface area contributed by atoms with E-state index in [1.54, 1.807) is 43.1 Å². The molecule has 1 aromatic carbocycles. The lowest BCUT2D eigenvalue weighted by Crippen LogP contribution is -2.45. The molecule has 0 saturated carbocycles. The molecule has 4 heterocycles. The van der Waals surface area contributed by atoms with Crippen LogP contribution >= 0.6 is 0 Å². The van der Waals surface area contributed by atoms with Crippen LogP contribution in [-0.4, -0.2) is 50.6 Å². The molecule has 1 saturated heterocycles. The van der Waals surface area contributed by atoms with E-state index in [0.717, 1.165) is 17.7 Å². The molecule has 0 spiro atoms. The molecule has 0 unspecified atom stereocenters. The summed E-state index contributed by atoms with van der Waals surface area (Å²) in [6.45, 7) is 6.39. The Bertz CT molecular complexity index is 1200. The van der Waals surface area contributed by atoms with E-state index in [9.17, 15) is 9.59 Å². The van der Waals surface area contributed by atoms with Crippen molar-refractivity contribution in [3.8, 4) is 17.2 Å². The van der Waals surface area contributed by atoms with Gasteiger partial charge in [0.1, 0.15) is 5.75 Å². The summed E-state index contributed by atoms with van der Waals surface area (Å²) in [6, 6.07) is 8.88. The maximum Gasteiger partial charge on any atom is 0.268 e. The molecule has 0 radical (unpaired) electrons. The largest absolute Gasteiger partial charge is 0.476 e. The Morgan fingerprint density at radius 1 is 1.22 bits per heavy atom. The van der Waals surface area contributed by atoms with Crippen LogP contribution in [0.15, 0.2) is 40.9 Å². The third-order valence-electron chi connectivity index (χ3n) is 5.81. The number of hydrogen-bond donors (Lipinski definition) is 1. The highest BCUT2D eigenvalue weighted by Crippen LogP contribution is 2.35. The van der Waals surface area contributed by atoms with Crippen LogP contribution in [0, 0.1) is 6.92 Å². The topological polar surface area (TPSA) is 110 Å². The molecule has 2 amide bonds. The normalized spacial score (nSPS) is 19.3. The highest BCUT2D eigenvalue weighted by molar-refractivity contribution is 6.02. The van der Waals surface area contributed by atoms with Crippen LogP contribution in [0.2, 0.25) is 0 Å². The van der Waals surface area contributed by atoms with Crippen molar-refractivity contribution in [2.24, 2.45) is 0 Å². The molecule has 164 valence electrons. The molecule has 0 bridgehead atoms. The third kappa shape index (κ3) is 3.59. The van der Waals surface area contributed by atoms with Crippen molar-refractivity contribution in [1.82, 2.24) is 20.1 Å². The number of benzene rings is 1. The highest BCUT2D eigenvalue weighted by atomic mass is 16.5. The number of carbonyl (C=O) groups excluding carboxylic acids is 2. The summed E-state index contributed by atoms with van der Waals surface area (Å²) in [5, 5.41) is 11.2. The second-order valence-corrected chi connectivity index (χ2v) is 8.65. The lowest BCUT2D eigenvalue weighted by molar-refractivity contribution is -0.129. The van der Waals surface area contributed by atoms with E-state index in [0.29, 0.717) is 41.9 Å². The zero-order chi connectivity index (χ0) is 22.5. The Morgan fingerprint density at radius 3 is 2.84 bits per heavy atom. The van der Waals surface area contributed by atoms with Gasteiger partial charge in [0.15, 0.2) is 5.60 Å². The fourth-order valence-electron chi connectivity index (χ4n) is 3.88. The summed E-state index contributed by atoms with van der Waals surface area (Å²) in [6.07, 6.45) is 2.44. The second-order valence-electron chi connectivity index (χ2n) is 8.65. The van der Waals surface area contributed by atoms with Crippen LogP contribution in [-0.2, 0) is 4.79 Å². The minimum absolute atomic E-state index is 0.0277. The fourth-order valence-corrected chi connectivity index (χ4v) is 3.88. The Kier molecular flexibility index (Phi) is 4.69. The van der Waals surface area contributed by atoms with Crippen molar-refractivity contribution in [3.05, 3.63) is 53.7 Å². The van der Waals surface area contributed by atoms with Gasteiger partial charge < -0.3 is 19.4 Å². The van der Waals surface area contributed by atoms with Crippen LogP contribution in [0.5, 0.6) is 5.75 Å². The quantitative estimate of drug-likeness (QED) is 0.675. The van der Waals surface area contributed by atoms with Gasteiger partial charge in [-0.15, -0.1) is 10.2 Å². The lowest BCUT2D eigenvalue weighted by Gasteiger charge is -2.31. The predicted molar refractivity (Wildman–Crippen MR) is 115 cm³/mol. The van der Waals surface area contributed by atoms with Crippen LogP contribution in [0.25, 0.3) is 11.5 Å². The first-order valence-electron chi connectivity index (χ1n) is 10.5. The number of likely N-dealkylation sites (tertiary alicyclic amines) is 1. The first-order chi connectivity index (χ1) is 15.3. The number of amides is 2. The van der Waals surface area contributed by atoms with Crippen molar-refractivity contribution >= 4 is 17.5 Å². The first kappa shape index (κ1) is 20.2. The number of nitrogens with one attached hydrogen (secondary N) is 1.